The number of halogens is 1. The number of furan rings is 1. The van der Waals surface area contributed by atoms with E-state index in [0.29, 0.717) is 18.0 Å². The summed E-state index contributed by atoms with van der Waals surface area (Å²) in [5.41, 5.74) is 2.76. The van der Waals surface area contributed by atoms with Crippen molar-refractivity contribution in [2.75, 3.05) is 0 Å². The summed E-state index contributed by atoms with van der Waals surface area (Å²) in [6, 6.07) is 11.4. The lowest BCUT2D eigenvalue weighted by molar-refractivity contribution is -0.129. The number of aryl methyl sites for hydroxylation is 2. The molecule has 152 valence electrons. The van der Waals surface area contributed by atoms with Gasteiger partial charge in [0.25, 0.3) is 5.91 Å². The van der Waals surface area contributed by atoms with Crippen LogP contribution in [-0.4, -0.2) is 27.8 Å². The largest absolute Gasteiger partial charge is 0.467 e. The van der Waals surface area contributed by atoms with Crippen LogP contribution in [0.3, 0.4) is 0 Å². The Balaban J connectivity index is 1.64. The van der Waals surface area contributed by atoms with Crippen molar-refractivity contribution in [2.45, 2.75) is 40.0 Å². The van der Waals surface area contributed by atoms with Gasteiger partial charge in [0, 0.05) is 0 Å². The molecule has 1 aromatic carbocycles. The Morgan fingerprint density at radius 1 is 1.24 bits per heavy atom. The summed E-state index contributed by atoms with van der Waals surface area (Å²) in [4.78, 5) is 24.8. The number of aromatic nitrogens is 2. The summed E-state index contributed by atoms with van der Waals surface area (Å²) in [6.45, 7) is 5.81. The molecule has 0 saturated heterocycles. The van der Waals surface area contributed by atoms with Crippen molar-refractivity contribution in [3.8, 4) is 0 Å². The number of benzene rings is 1. The van der Waals surface area contributed by atoms with Gasteiger partial charge in [-0.25, -0.2) is 9.48 Å². The minimum atomic E-state index is -0.992. The van der Waals surface area contributed by atoms with Gasteiger partial charge in [0.2, 0.25) is 0 Å². The van der Waals surface area contributed by atoms with E-state index in [0.717, 1.165) is 11.1 Å². The molecule has 3 aromatic rings. The summed E-state index contributed by atoms with van der Waals surface area (Å²) in [5.74, 6) is -0.521. The molecule has 0 fully saturated rings. The maximum atomic E-state index is 12.6. The number of rotatable bonds is 7. The summed E-state index contributed by atoms with van der Waals surface area (Å²) in [6.07, 6.45) is 0.526. The lowest BCUT2D eigenvalue weighted by atomic mass is 10.1. The van der Waals surface area contributed by atoms with Gasteiger partial charge < -0.3 is 14.5 Å². The van der Waals surface area contributed by atoms with Crippen molar-refractivity contribution in [2.24, 2.45) is 0 Å². The predicted molar refractivity (Wildman–Crippen MR) is 108 cm³/mol. The number of amides is 1. The van der Waals surface area contributed by atoms with Crippen LogP contribution in [0.1, 0.15) is 39.9 Å². The van der Waals surface area contributed by atoms with Gasteiger partial charge in [-0.15, -0.1) is 0 Å². The summed E-state index contributed by atoms with van der Waals surface area (Å²) in [7, 11) is 0. The molecule has 0 bridgehead atoms. The third-order valence-corrected chi connectivity index (χ3v) is 4.78. The molecule has 0 aliphatic carbocycles. The lowest BCUT2D eigenvalue weighted by Gasteiger charge is -2.13. The second kappa shape index (κ2) is 8.96. The van der Waals surface area contributed by atoms with Crippen LogP contribution < -0.4 is 5.32 Å². The molecular formula is C21H22ClN3O4. The molecule has 2 aromatic heterocycles. The van der Waals surface area contributed by atoms with E-state index < -0.39 is 18.0 Å². The molecule has 0 saturated carbocycles. The van der Waals surface area contributed by atoms with Gasteiger partial charge in [-0.05, 0) is 38.5 Å². The fourth-order valence-corrected chi connectivity index (χ4v) is 3.07. The Labute approximate surface area is 173 Å². The molecular weight excluding hydrogens is 394 g/mol. The van der Waals surface area contributed by atoms with Crippen molar-refractivity contribution in [3.05, 3.63) is 76.0 Å². The number of carbonyl (C=O) groups excluding carboxylic acids is 2. The number of carbonyl (C=O) groups is 2. The van der Waals surface area contributed by atoms with E-state index in [1.807, 2.05) is 31.2 Å². The molecule has 1 N–H and O–H groups in total. The highest BCUT2D eigenvalue weighted by Crippen LogP contribution is 2.22. The first-order valence-corrected chi connectivity index (χ1v) is 9.52. The molecule has 0 aliphatic heterocycles. The van der Waals surface area contributed by atoms with Gasteiger partial charge >= 0.3 is 5.97 Å². The molecule has 0 radical (unpaired) electrons. The Morgan fingerprint density at radius 2 is 1.97 bits per heavy atom. The van der Waals surface area contributed by atoms with E-state index in [2.05, 4.69) is 10.4 Å². The van der Waals surface area contributed by atoms with E-state index >= 15 is 0 Å². The average Bonchev–Trinajstić information content (AvgIpc) is 3.29. The first-order chi connectivity index (χ1) is 13.8. The monoisotopic (exact) mass is 415 g/mol. The van der Waals surface area contributed by atoms with Crippen molar-refractivity contribution >= 4 is 23.5 Å². The van der Waals surface area contributed by atoms with Crippen LogP contribution in [0, 0.1) is 13.8 Å². The highest BCUT2D eigenvalue weighted by molar-refractivity contribution is 6.32. The van der Waals surface area contributed by atoms with Gasteiger partial charge in [-0.1, -0.05) is 41.4 Å². The van der Waals surface area contributed by atoms with E-state index in [4.69, 9.17) is 20.8 Å². The van der Waals surface area contributed by atoms with Crippen LogP contribution in [0.25, 0.3) is 0 Å². The van der Waals surface area contributed by atoms with Crippen LogP contribution in [-0.2, 0) is 22.6 Å². The minimum Gasteiger partial charge on any atom is -0.467 e. The first kappa shape index (κ1) is 20.7. The molecule has 2 heterocycles. The fourth-order valence-electron chi connectivity index (χ4n) is 2.76. The van der Waals surface area contributed by atoms with Crippen LogP contribution in [0.5, 0.6) is 0 Å². The van der Waals surface area contributed by atoms with Gasteiger partial charge in [0.1, 0.15) is 16.5 Å². The zero-order chi connectivity index (χ0) is 21.0. The second-order valence-corrected chi connectivity index (χ2v) is 7.10. The fraction of sp³-hybridized carbons (Fsp3) is 0.286. The van der Waals surface area contributed by atoms with Crippen LogP contribution in [0.2, 0.25) is 5.15 Å². The van der Waals surface area contributed by atoms with Gasteiger partial charge in [0.15, 0.2) is 6.10 Å². The van der Waals surface area contributed by atoms with Gasteiger partial charge in [0.05, 0.1) is 25.0 Å². The molecule has 0 aliphatic rings. The van der Waals surface area contributed by atoms with Crippen LogP contribution in [0.15, 0.2) is 47.1 Å². The maximum absolute atomic E-state index is 12.6. The van der Waals surface area contributed by atoms with E-state index in [-0.39, 0.29) is 17.3 Å². The normalized spacial score (nSPS) is 11.9. The molecule has 7 nitrogen and oxygen atoms in total. The molecule has 29 heavy (non-hydrogen) atoms. The van der Waals surface area contributed by atoms with Crippen LogP contribution in [0.4, 0.5) is 0 Å². The highest BCUT2D eigenvalue weighted by atomic mass is 35.5. The van der Waals surface area contributed by atoms with E-state index in [1.165, 1.54) is 13.2 Å². The zero-order valence-corrected chi connectivity index (χ0v) is 17.2. The Kier molecular flexibility index (Phi) is 6.39. The molecule has 3 rings (SSSR count). The number of esters is 1. The average molecular weight is 416 g/mol. The minimum absolute atomic E-state index is 0.157. The van der Waals surface area contributed by atoms with Crippen LogP contribution >= 0.6 is 11.6 Å². The maximum Gasteiger partial charge on any atom is 0.343 e. The number of nitrogens with one attached hydrogen (secondary N) is 1. The molecule has 1 atom stereocenters. The SMILES string of the molecule is Cc1ccc(Cn2nc(C)c(C(=O)O[C@@H](C)C(=O)NCc3ccco3)c2Cl)cc1. The zero-order valence-electron chi connectivity index (χ0n) is 16.4. The van der Waals surface area contributed by atoms with E-state index in [9.17, 15) is 9.59 Å². The number of nitrogens with zero attached hydrogens (tertiary/aromatic N) is 2. The standard InChI is InChI=1S/C21H22ClN3O4/c1-13-6-8-16(9-7-13)12-25-19(22)18(14(2)24-25)21(27)29-15(3)20(26)23-11-17-5-4-10-28-17/h4-10,15H,11-12H2,1-3H3,(H,23,26)/t15-/m0/s1. The lowest BCUT2D eigenvalue weighted by Crippen LogP contribution is -2.35. The van der Waals surface area contributed by atoms with Gasteiger partial charge in [-0.2, -0.15) is 5.10 Å². The second-order valence-electron chi connectivity index (χ2n) is 6.74. The first-order valence-electron chi connectivity index (χ1n) is 9.14. The third kappa shape index (κ3) is 5.06. The Bertz CT molecular complexity index is 994. The summed E-state index contributed by atoms with van der Waals surface area (Å²) >= 11 is 6.38. The Morgan fingerprint density at radius 3 is 2.62 bits per heavy atom. The smallest absolute Gasteiger partial charge is 0.343 e. The summed E-state index contributed by atoms with van der Waals surface area (Å²) in [5, 5.41) is 7.17. The number of hydrogen-bond acceptors (Lipinski definition) is 5. The molecule has 0 spiro atoms. The van der Waals surface area contributed by atoms with Crippen molar-refractivity contribution < 1.29 is 18.7 Å². The van der Waals surface area contributed by atoms with Crippen molar-refractivity contribution in [1.29, 1.82) is 0 Å². The molecule has 1 amide bonds. The molecule has 0 unspecified atom stereocenters. The number of hydrogen-bond donors (Lipinski definition) is 1. The topological polar surface area (TPSA) is 86.4 Å². The predicted octanol–water partition coefficient (Wildman–Crippen LogP) is 3.66. The molecule has 8 heteroatoms. The Hall–Kier alpha value is -3.06. The highest BCUT2D eigenvalue weighted by Gasteiger charge is 2.25. The van der Waals surface area contributed by atoms with Crippen molar-refractivity contribution in [1.82, 2.24) is 15.1 Å². The van der Waals surface area contributed by atoms with Crippen molar-refractivity contribution in [3.63, 3.8) is 0 Å². The quantitative estimate of drug-likeness (QED) is 0.595. The van der Waals surface area contributed by atoms with Gasteiger partial charge in [-0.3, -0.25) is 4.79 Å². The summed E-state index contributed by atoms with van der Waals surface area (Å²) < 4.78 is 12.0. The number of ether oxygens (including phenoxy) is 1. The van der Waals surface area contributed by atoms with E-state index in [1.54, 1.807) is 23.7 Å². The third-order valence-electron chi connectivity index (χ3n) is 4.39.